The summed E-state index contributed by atoms with van der Waals surface area (Å²) in [5, 5.41) is 3.91. The van der Waals surface area contributed by atoms with Crippen LogP contribution in [0, 0.1) is 11.8 Å². The standard InChI is InChI=1S/C27H29ClN2O3/c1-16-25(29-27(32)33-15-18-6-4-3-5-7-18)22-14-21(24(28)19-8-9-19)12-13-23(22)30(17(2)31)26(16)20-10-11-20/h3-7,12-14,16,20,25-26H,8-11,15H2,1-2H3,(H,29,32)/t16?,25?,26-/m1/s1. The zero-order chi connectivity index (χ0) is 23.1. The number of allylic oxidation sites excluding steroid dienone is 1. The average Bonchev–Trinajstić information content (AvgIpc) is 3.72. The van der Waals surface area contributed by atoms with Gasteiger partial charge in [0.1, 0.15) is 6.61 Å². The lowest BCUT2D eigenvalue weighted by Gasteiger charge is -2.45. The first-order chi connectivity index (χ1) is 15.9. The lowest BCUT2D eigenvalue weighted by molar-refractivity contribution is -0.117. The predicted molar refractivity (Wildman–Crippen MR) is 130 cm³/mol. The summed E-state index contributed by atoms with van der Waals surface area (Å²) in [5.74, 6) is 0.531. The summed E-state index contributed by atoms with van der Waals surface area (Å²) < 4.78 is 5.54. The van der Waals surface area contributed by atoms with Crippen molar-refractivity contribution in [2.24, 2.45) is 11.8 Å². The van der Waals surface area contributed by atoms with E-state index in [9.17, 15) is 9.59 Å². The summed E-state index contributed by atoms with van der Waals surface area (Å²) in [6.07, 6.45) is 3.82. The Morgan fingerprint density at radius 2 is 1.85 bits per heavy atom. The molecule has 1 heterocycles. The van der Waals surface area contributed by atoms with Gasteiger partial charge in [0.05, 0.1) is 6.04 Å². The Kier molecular flexibility index (Phi) is 5.92. The molecular formula is C27H29ClN2O3. The number of nitrogens with zero attached hydrogens (tertiary/aromatic N) is 1. The fraction of sp³-hybridized carbons (Fsp3) is 0.407. The highest BCUT2D eigenvalue weighted by atomic mass is 35.5. The largest absolute Gasteiger partial charge is 0.445 e. The Labute approximate surface area is 199 Å². The summed E-state index contributed by atoms with van der Waals surface area (Å²) >= 11 is 6.63. The van der Waals surface area contributed by atoms with Crippen LogP contribution in [0.4, 0.5) is 10.5 Å². The van der Waals surface area contributed by atoms with Gasteiger partial charge in [0, 0.05) is 29.6 Å². The number of amides is 2. The number of hydrogen-bond acceptors (Lipinski definition) is 3. The second-order valence-corrected chi connectivity index (χ2v) is 9.83. The molecule has 2 aliphatic carbocycles. The van der Waals surface area contributed by atoms with Gasteiger partial charge in [-0.3, -0.25) is 4.79 Å². The molecule has 2 fully saturated rings. The number of alkyl carbamates (subject to hydrolysis) is 1. The van der Waals surface area contributed by atoms with Crippen molar-refractivity contribution < 1.29 is 14.3 Å². The zero-order valence-electron chi connectivity index (χ0n) is 19.0. The molecule has 1 aliphatic heterocycles. The Morgan fingerprint density at radius 3 is 2.48 bits per heavy atom. The van der Waals surface area contributed by atoms with Crippen LogP contribution in [0.15, 0.2) is 54.1 Å². The fourth-order valence-corrected chi connectivity index (χ4v) is 5.39. The molecule has 2 saturated carbocycles. The number of ether oxygens (including phenoxy) is 1. The molecule has 2 amide bonds. The van der Waals surface area contributed by atoms with Crippen molar-refractivity contribution in [1.29, 1.82) is 0 Å². The molecule has 2 aromatic rings. The van der Waals surface area contributed by atoms with Gasteiger partial charge in [-0.05, 0) is 60.4 Å². The maximum atomic E-state index is 12.8. The van der Waals surface area contributed by atoms with E-state index >= 15 is 0 Å². The van der Waals surface area contributed by atoms with Gasteiger partial charge in [0.25, 0.3) is 0 Å². The highest BCUT2D eigenvalue weighted by Crippen LogP contribution is 2.50. The molecule has 2 aromatic carbocycles. The van der Waals surface area contributed by atoms with Crippen molar-refractivity contribution in [2.75, 3.05) is 4.90 Å². The third-order valence-corrected chi connectivity index (χ3v) is 7.46. The molecular weight excluding hydrogens is 436 g/mol. The molecule has 172 valence electrons. The SMILES string of the molecule is CC(=O)N1c2ccc(C(Cl)=C3CC3)cc2C(NC(=O)OCc2ccccc2)C(C)[C@@H]1C1CC1. The van der Waals surface area contributed by atoms with E-state index < -0.39 is 6.09 Å². The first-order valence-electron chi connectivity index (χ1n) is 11.7. The second-order valence-electron chi connectivity index (χ2n) is 9.45. The van der Waals surface area contributed by atoms with E-state index in [0.29, 0.717) is 5.92 Å². The summed E-state index contributed by atoms with van der Waals surface area (Å²) in [7, 11) is 0. The van der Waals surface area contributed by atoms with Gasteiger partial charge >= 0.3 is 6.09 Å². The molecule has 0 bridgehead atoms. The monoisotopic (exact) mass is 464 g/mol. The Hall–Kier alpha value is -2.79. The normalized spacial score (nSPS) is 23.5. The molecule has 5 rings (SSSR count). The van der Waals surface area contributed by atoms with Crippen LogP contribution in [0.2, 0.25) is 0 Å². The average molecular weight is 465 g/mol. The van der Waals surface area contributed by atoms with Crippen molar-refractivity contribution in [1.82, 2.24) is 5.32 Å². The van der Waals surface area contributed by atoms with Crippen LogP contribution in [0.3, 0.4) is 0 Å². The smallest absolute Gasteiger partial charge is 0.407 e. The molecule has 1 N–H and O–H groups in total. The van der Waals surface area contributed by atoms with Gasteiger partial charge in [0.2, 0.25) is 5.91 Å². The molecule has 33 heavy (non-hydrogen) atoms. The van der Waals surface area contributed by atoms with E-state index in [1.807, 2.05) is 53.4 Å². The minimum atomic E-state index is -0.454. The first-order valence-corrected chi connectivity index (χ1v) is 12.1. The van der Waals surface area contributed by atoms with E-state index in [4.69, 9.17) is 16.3 Å². The van der Waals surface area contributed by atoms with E-state index in [1.54, 1.807) is 6.92 Å². The second kappa shape index (κ2) is 8.86. The molecule has 5 nitrogen and oxygen atoms in total. The Morgan fingerprint density at radius 1 is 1.12 bits per heavy atom. The van der Waals surface area contributed by atoms with Crippen LogP contribution in [-0.2, 0) is 16.1 Å². The van der Waals surface area contributed by atoms with Gasteiger partial charge in [0.15, 0.2) is 0 Å². The molecule has 6 heteroatoms. The summed E-state index contributed by atoms with van der Waals surface area (Å²) in [4.78, 5) is 27.5. The van der Waals surface area contributed by atoms with Crippen molar-refractivity contribution in [3.63, 3.8) is 0 Å². The van der Waals surface area contributed by atoms with E-state index in [1.165, 1.54) is 5.57 Å². The number of hydrogen-bond donors (Lipinski definition) is 1. The van der Waals surface area contributed by atoms with Crippen LogP contribution in [0.25, 0.3) is 5.03 Å². The van der Waals surface area contributed by atoms with Crippen LogP contribution in [-0.4, -0.2) is 18.0 Å². The molecule has 3 aliphatic rings. The lowest BCUT2D eigenvalue weighted by atomic mass is 9.79. The topological polar surface area (TPSA) is 58.6 Å². The summed E-state index contributed by atoms with van der Waals surface area (Å²) in [6, 6.07) is 15.5. The number of rotatable bonds is 5. The third kappa shape index (κ3) is 4.51. The Balaban J connectivity index is 1.47. The summed E-state index contributed by atoms with van der Waals surface area (Å²) in [5.41, 5.74) is 4.91. The van der Waals surface area contributed by atoms with E-state index in [0.717, 1.165) is 53.1 Å². The highest BCUT2D eigenvalue weighted by Gasteiger charge is 2.48. The highest BCUT2D eigenvalue weighted by molar-refractivity contribution is 6.49. The number of carbonyl (C=O) groups is 2. The predicted octanol–water partition coefficient (Wildman–Crippen LogP) is 6.18. The number of anilines is 1. The van der Waals surface area contributed by atoms with E-state index in [2.05, 4.69) is 12.2 Å². The van der Waals surface area contributed by atoms with Gasteiger partial charge in [-0.15, -0.1) is 0 Å². The number of carbonyl (C=O) groups excluding carboxylic acids is 2. The molecule has 0 spiro atoms. The lowest BCUT2D eigenvalue weighted by Crippen LogP contribution is -2.53. The quantitative estimate of drug-likeness (QED) is 0.574. The Bertz CT molecular complexity index is 1100. The van der Waals surface area contributed by atoms with Crippen molar-refractivity contribution in [3.8, 4) is 0 Å². The molecule has 0 saturated heterocycles. The molecule has 2 unspecified atom stereocenters. The number of nitrogens with one attached hydrogen (secondary N) is 1. The minimum Gasteiger partial charge on any atom is -0.445 e. The number of benzene rings is 2. The zero-order valence-corrected chi connectivity index (χ0v) is 19.8. The van der Waals surface area contributed by atoms with E-state index in [-0.39, 0.29) is 30.5 Å². The maximum absolute atomic E-state index is 12.8. The van der Waals surface area contributed by atoms with Gasteiger partial charge in [-0.1, -0.05) is 60.5 Å². The number of halogens is 1. The molecule has 0 aromatic heterocycles. The van der Waals surface area contributed by atoms with Crippen LogP contribution < -0.4 is 10.2 Å². The van der Waals surface area contributed by atoms with Gasteiger partial charge < -0.3 is 15.0 Å². The van der Waals surface area contributed by atoms with Crippen molar-refractivity contribution >= 4 is 34.3 Å². The molecule has 3 atom stereocenters. The third-order valence-electron chi connectivity index (χ3n) is 6.98. The minimum absolute atomic E-state index is 0.0319. The first kappa shape index (κ1) is 22.0. The fourth-order valence-electron chi connectivity index (χ4n) is 5.08. The van der Waals surface area contributed by atoms with Gasteiger partial charge in [-0.25, -0.2) is 4.79 Å². The van der Waals surface area contributed by atoms with Crippen molar-refractivity contribution in [2.45, 2.75) is 58.2 Å². The maximum Gasteiger partial charge on any atom is 0.407 e. The van der Waals surface area contributed by atoms with Crippen molar-refractivity contribution in [3.05, 3.63) is 70.8 Å². The molecule has 0 radical (unpaired) electrons. The van der Waals surface area contributed by atoms with Crippen LogP contribution >= 0.6 is 11.6 Å². The van der Waals surface area contributed by atoms with Gasteiger partial charge in [-0.2, -0.15) is 0 Å². The summed E-state index contributed by atoms with van der Waals surface area (Å²) in [6.45, 7) is 3.96. The number of fused-ring (bicyclic) bond motifs is 1. The van der Waals surface area contributed by atoms with Crippen LogP contribution in [0.1, 0.15) is 62.3 Å². The van der Waals surface area contributed by atoms with Crippen LogP contribution in [0.5, 0.6) is 0 Å².